The third kappa shape index (κ3) is 6.16. The summed E-state index contributed by atoms with van der Waals surface area (Å²) < 4.78 is 77.6. The van der Waals surface area contributed by atoms with Crippen LogP contribution < -0.4 is 4.74 Å². The summed E-state index contributed by atoms with van der Waals surface area (Å²) >= 11 is 0. The zero-order chi connectivity index (χ0) is 26.5. The molecule has 0 unspecified atom stereocenters. The third-order valence-corrected chi connectivity index (χ3v) is 7.58. The molecule has 0 saturated heterocycles. The Labute approximate surface area is 215 Å². The van der Waals surface area contributed by atoms with Crippen molar-refractivity contribution >= 4 is 0 Å². The lowest BCUT2D eigenvalue weighted by Crippen LogP contribution is -2.14. The molecule has 0 bridgehead atoms. The van der Waals surface area contributed by atoms with Crippen LogP contribution in [0, 0.1) is 41.9 Å². The van der Waals surface area contributed by atoms with Gasteiger partial charge in [-0.2, -0.15) is 4.39 Å². The summed E-state index contributed by atoms with van der Waals surface area (Å²) in [5, 5.41) is 0. The highest BCUT2D eigenvalue weighted by Crippen LogP contribution is 2.39. The average molecular weight is 517 g/mol. The Bertz CT molecular complexity index is 1230. The molecule has 198 valence electrons. The Balaban J connectivity index is 1.37. The Morgan fingerprint density at radius 3 is 2.22 bits per heavy atom. The van der Waals surface area contributed by atoms with Crippen LogP contribution >= 0.6 is 0 Å². The normalized spacial score (nSPS) is 17.7. The monoisotopic (exact) mass is 516 g/mol. The predicted octanol–water partition coefficient (Wildman–Crippen LogP) is 9.44. The van der Waals surface area contributed by atoms with E-state index in [9.17, 15) is 17.6 Å². The lowest BCUT2D eigenvalue weighted by atomic mass is 9.76. The molecule has 1 aliphatic rings. The van der Waals surface area contributed by atoms with Crippen molar-refractivity contribution in [3.8, 4) is 16.9 Å². The van der Waals surface area contributed by atoms with Gasteiger partial charge in [0.05, 0.1) is 6.61 Å². The van der Waals surface area contributed by atoms with Crippen molar-refractivity contribution in [3.63, 3.8) is 0 Å². The summed E-state index contributed by atoms with van der Waals surface area (Å²) in [6, 6.07) is 10.7. The summed E-state index contributed by atoms with van der Waals surface area (Å²) in [6.07, 6.45) is 6.44. The Hall–Kier alpha value is -2.89. The number of hydrogen-bond donors (Lipinski definition) is 0. The Kier molecular flexibility index (Phi) is 8.88. The summed E-state index contributed by atoms with van der Waals surface area (Å²) in [7, 11) is 0. The quantitative estimate of drug-likeness (QED) is 0.203. The van der Waals surface area contributed by atoms with Crippen molar-refractivity contribution in [1.82, 2.24) is 0 Å². The van der Waals surface area contributed by atoms with Crippen LogP contribution in [-0.2, 0) is 6.42 Å². The van der Waals surface area contributed by atoms with E-state index in [4.69, 9.17) is 4.74 Å². The minimum absolute atomic E-state index is 0.0151. The molecule has 1 saturated carbocycles. The fourth-order valence-corrected chi connectivity index (χ4v) is 5.20. The maximum absolute atomic E-state index is 15.0. The molecule has 6 heteroatoms. The Morgan fingerprint density at radius 1 is 0.784 bits per heavy atom. The second-order valence-corrected chi connectivity index (χ2v) is 10.1. The number of benzene rings is 3. The molecule has 0 heterocycles. The highest BCUT2D eigenvalue weighted by Gasteiger charge is 2.25. The maximum Gasteiger partial charge on any atom is 0.201 e. The van der Waals surface area contributed by atoms with Crippen LogP contribution in [0.1, 0.15) is 74.5 Å². The van der Waals surface area contributed by atoms with Gasteiger partial charge in [-0.1, -0.05) is 37.6 Å². The highest BCUT2D eigenvalue weighted by molar-refractivity contribution is 5.66. The molecule has 4 rings (SSSR count). The summed E-state index contributed by atoms with van der Waals surface area (Å²) in [6.45, 7) is 3.81. The first-order valence-electron chi connectivity index (χ1n) is 13.1. The van der Waals surface area contributed by atoms with Crippen LogP contribution in [-0.4, -0.2) is 6.61 Å². The van der Waals surface area contributed by atoms with Gasteiger partial charge in [-0.15, -0.1) is 0 Å². The van der Waals surface area contributed by atoms with Gasteiger partial charge in [0.25, 0.3) is 0 Å². The average Bonchev–Trinajstić information content (AvgIpc) is 2.90. The van der Waals surface area contributed by atoms with Gasteiger partial charge in [0.1, 0.15) is 5.82 Å². The SMILES string of the molecule is CCCCOc1ccc(-c2ccc(C3CCC(CCc4ccc(C)c(F)c4F)CC3)cc2F)c(F)c1F. The number of unbranched alkanes of at least 4 members (excludes halogenated alkanes) is 1. The maximum atomic E-state index is 15.0. The van der Waals surface area contributed by atoms with E-state index >= 15 is 4.39 Å². The van der Waals surface area contributed by atoms with Crippen molar-refractivity contribution in [2.24, 2.45) is 5.92 Å². The van der Waals surface area contributed by atoms with Crippen LogP contribution in [0.25, 0.3) is 11.1 Å². The largest absolute Gasteiger partial charge is 0.490 e. The van der Waals surface area contributed by atoms with Crippen molar-refractivity contribution < 1.29 is 26.7 Å². The zero-order valence-electron chi connectivity index (χ0n) is 21.4. The van der Waals surface area contributed by atoms with E-state index < -0.39 is 29.1 Å². The first kappa shape index (κ1) is 27.2. The molecule has 0 amide bonds. The van der Waals surface area contributed by atoms with E-state index in [0.29, 0.717) is 30.1 Å². The minimum Gasteiger partial charge on any atom is -0.490 e. The molecule has 0 N–H and O–H groups in total. The smallest absolute Gasteiger partial charge is 0.201 e. The second kappa shape index (κ2) is 12.1. The van der Waals surface area contributed by atoms with Crippen LogP contribution in [0.5, 0.6) is 5.75 Å². The van der Waals surface area contributed by atoms with E-state index in [0.717, 1.165) is 50.5 Å². The van der Waals surface area contributed by atoms with E-state index in [-0.39, 0.29) is 22.8 Å². The number of ether oxygens (including phenoxy) is 1. The van der Waals surface area contributed by atoms with E-state index in [1.54, 1.807) is 25.1 Å². The van der Waals surface area contributed by atoms with Crippen LogP contribution in [0.4, 0.5) is 22.0 Å². The molecule has 0 atom stereocenters. The highest BCUT2D eigenvalue weighted by atomic mass is 19.2. The summed E-state index contributed by atoms with van der Waals surface area (Å²) in [5.41, 5.74) is 1.44. The van der Waals surface area contributed by atoms with Crippen molar-refractivity contribution in [2.75, 3.05) is 6.61 Å². The van der Waals surface area contributed by atoms with Gasteiger partial charge in [-0.25, -0.2) is 17.6 Å². The van der Waals surface area contributed by atoms with Gasteiger partial charge in [0.2, 0.25) is 5.82 Å². The number of hydrogen-bond acceptors (Lipinski definition) is 1. The molecule has 37 heavy (non-hydrogen) atoms. The molecule has 1 nitrogen and oxygen atoms in total. The fraction of sp³-hybridized carbons (Fsp3) is 0.419. The lowest BCUT2D eigenvalue weighted by molar-refractivity contribution is 0.289. The molecule has 1 fully saturated rings. The standard InChI is InChI=1S/C31H33F5O/c1-3-4-17-37-27-16-15-25(30(35)31(27)36)24-14-13-23(18-26(24)32)21-10-6-20(7-11-21)8-12-22-9-5-19(2)28(33)29(22)34/h5,9,13-16,18,20-21H,3-4,6-8,10-12,17H2,1-2H3. The molecule has 0 aromatic heterocycles. The Morgan fingerprint density at radius 2 is 1.51 bits per heavy atom. The first-order chi connectivity index (χ1) is 17.8. The number of aryl methyl sites for hydroxylation is 2. The van der Waals surface area contributed by atoms with Crippen molar-refractivity contribution in [3.05, 3.63) is 88.2 Å². The number of halogens is 5. The van der Waals surface area contributed by atoms with Gasteiger partial charge >= 0.3 is 0 Å². The summed E-state index contributed by atoms with van der Waals surface area (Å²) in [4.78, 5) is 0. The third-order valence-electron chi connectivity index (χ3n) is 7.58. The van der Waals surface area contributed by atoms with Crippen LogP contribution in [0.2, 0.25) is 0 Å². The van der Waals surface area contributed by atoms with E-state index in [1.165, 1.54) is 24.3 Å². The summed E-state index contributed by atoms with van der Waals surface area (Å²) in [5.74, 6) is -3.93. The van der Waals surface area contributed by atoms with E-state index in [2.05, 4.69) is 0 Å². The topological polar surface area (TPSA) is 9.23 Å². The molecule has 3 aromatic carbocycles. The van der Waals surface area contributed by atoms with Gasteiger partial charge in [0, 0.05) is 11.1 Å². The number of rotatable bonds is 9. The molecular weight excluding hydrogens is 483 g/mol. The molecule has 0 radical (unpaired) electrons. The van der Waals surface area contributed by atoms with Gasteiger partial charge in [0.15, 0.2) is 23.2 Å². The lowest BCUT2D eigenvalue weighted by Gasteiger charge is -2.29. The molecule has 1 aliphatic carbocycles. The van der Waals surface area contributed by atoms with Gasteiger partial charge in [-0.3, -0.25) is 0 Å². The van der Waals surface area contributed by atoms with Gasteiger partial charge < -0.3 is 4.74 Å². The minimum atomic E-state index is -1.12. The fourth-order valence-electron chi connectivity index (χ4n) is 5.20. The van der Waals surface area contributed by atoms with Crippen LogP contribution in [0.15, 0.2) is 42.5 Å². The van der Waals surface area contributed by atoms with E-state index in [1.807, 2.05) is 6.92 Å². The van der Waals surface area contributed by atoms with Crippen molar-refractivity contribution in [1.29, 1.82) is 0 Å². The zero-order valence-corrected chi connectivity index (χ0v) is 21.4. The predicted molar refractivity (Wildman–Crippen MR) is 136 cm³/mol. The van der Waals surface area contributed by atoms with Gasteiger partial charge in [-0.05, 0) is 98.6 Å². The second-order valence-electron chi connectivity index (χ2n) is 10.1. The first-order valence-corrected chi connectivity index (χ1v) is 13.1. The molecule has 0 spiro atoms. The van der Waals surface area contributed by atoms with Crippen molar-refractivity contribution in [2.45, 2.75) is 71.1 Å². The molecule has 0 aliphatic heterocycles. The molecular formula is C31H33F5O. The molecule has 3 aromatic rings. The van der Waals surface area contributed by atoms with Crippen LogP contribution in [0.3, 0.4) is 0 Å².